The lowest BCUT2D eigenvalue weighted by Gasteiger charge is -2.23. The topological polar surface area (TPSA) is 23.5 Å². The molecule has 1 heterocycles. The number of unbranched alkanes of at least 4 members (excludes halogenated alkanes) is 7. The molecule has 118 valence electrons. The summed E-state index contributed by atoms with van der Waals surface area (Å²) < 4.78 is 0. The van der Waals surface area contributed by atoms with Gasteiger partial charge in [-0.05, 0) is 32.6 Å². The van der Waals surface area contributed by atoms with Gasteiger partial charge in [0.2, 0.25) is 0 Å². The second kappa shape index (κ2) is 7.79. The molecule has 1 aliphatic carbocycles. The molecule has 0 bridgehead atoms. The van der Waals surface area contributed by atoms with Crippen molar-refractivity contribution in [2.75, 3.05) is 6.54 Å². The Kier molecular flexibility index (Phi) is 6.35. The van der Waals surface area contributed by atoms with Crippen LogP contribution in [0.2, 0.25) is 0 Å². The molecule has 2 unspecified atom stereocenters. The summed E-state index contributed by atoms with van der Waals surface area (Å²) in [6.07, 6.45) is 15.6. The summed E-state index contributed by atoms with van der Waals surface area (Å²) in [6, 6.07) is 1.40. The zero-order valence-electron chi connectivity index (χ0n) is 13.7. The monoisotopic (exact) mass is 281 g/mol. The highest BCUT2D eigenvalue weighted by Crippen LogP contribution is 2.39. The maximum absolute atomic E-state index is 10.7. The second-order valence-corrected chi connectivity index (χ2v) is 7.41. The Morgan fingerprint density at radius 1 is 1.00 bits per heavy atom. The number of aliphatic hydroxyl groups is 1. The van der Waals surface area contributed by atoms with Crippen LogP contribution in [0, 0.1) is 0 Å². The number of nitrogens with zero attached hydrogens (tertiary/aromatic N) is 1. The van der Waals surface area contributed by atoms with Crippen molar-refractivity contribution in [3.63, 3.8) is 0 Å². The van der Waals surface area contributed by atoms with Gasteiger partial charge >= 0.3 is 0 Å². The van der Waals surface area contributed by atoms with E-state index in [1.807, 2.05) is 0 Å². The minimum absolute atomic E-state index is 0.371. The van der Waals surface area contributed by atoms with Crippen LogP contribution in [0.5, 0.6) is 0 Å². The van der Waals surface area contributed by atoms with Crippen LogP contribution in [0.1, 0.15) is 90.9 Å². The smallest absolute Gasteiger partial charge is 0.0789 e. The first kappa shape index (κ1) is 16.3. The molecule has 1 N–H and O–H groups in total. The lowest BCUT2D eigenvalue weighted by Crippen LogP contribution is -2.34. The van der Waals surface area contributed by atoms with E-state index in [2.05, 4.69) is 18.7 Å². The molecular weight excluding hydrogens is 246 g/mol. The van der Waals surface area contributed by atoms with E-state index in [1.165, 1.54) is 64.2 Å². The zero-order chi connectivity index (χ0) is 14.4. The van der Waals surface area contributed by atoms with Crippen LogP contribution in [0.4, 0.5) is 0 Å². The van der Waals surface area contributed by atoms with Crippen molar-refractivity contribution in [2.24, 2.45) is 0 Å². The Morgan fingerprint density at radius 3 is 2.20 bits per heavy atom. The molecule has 2 aliphatic rings. The summed E-state index contributed by atoms with van der Waals surface area (Å²) >= 11 is 0. The molecule has 2 heteroatoms. The molecule has 0 aromatic rings. The largest absolute Gasteiger partial charge is 0.388 e. The average Bonchev–Trinajstić information content (AvgIpc) is 3.19. The van der Waals surface area contributed by atoms with Gasteiger partial charge in [-0.2, -0.15) is 0 Å². The Bertz CT molecular complexity index is 277. The van der Waals surface area contributed by atoms with Gasteiger partial charge in [0.05, 0.1) is 5.60 Å². The lowest BCUT2D eigenvalue weighted by atomic mass is 9.93. The molecule has 2 fully saturated rings. The van der Waals surface area contributed by atoms with Gasteiger partial charge in [-0.15, -0.1) is 0 Å². The normalized spacial score (nSPS) is 31.1. The molecular formula is C18H35NO. The summed E-state index contributed by atoms with van der Waals surface area (Å²) in [5.41, 5.74) is -0.371. The highest BCUT2D eigenvalue weighted by Gasteiger charge is 2.45. The number of β-amino-alcohol motifs (C(OH)–C–C–N with tert-alkyl or cyclic N) is 1. The van der Waals surface area contributed by atoms with Gasteiger partial charge in [0.25, 0.3) is 0 Å². The van der Waals surface area contributed by atoms with Crippen LogP contribution in [0.25, 0.3) is 0 Å². The van der Waals surface area contributed by atoms with Gasteiger partial charge in [0.1, 0.15) is 0 Å². The van der Waals surface area contributed by atoms with Gasteiger partial charge in [-0.25, -0.2) is 0 Å². The van der Waals surface area contributed by atoms with E-state index in [4.69, 9.17) is 0 Å². The Morgan fingerprint density at radius 2 is 1.60 bits per heavy atom. The van der Waals surface area contributed by atoms with E-state index in [0.29, 0.717) is 6.04 Å². The second-order valence-electron chi connectivity index (χ2n) is 7.41. The lowest BCUT2D eigenvalue weighted by molar-refractivity contribution is 0.0371. The van der Waals surface area contributed by atoms with E-state index in [-0.39, 0.29) is 5.60 Å². The van der Waals surface area contributed by atoms with E-state index >= 15 is 0 Å². The third kappa shape index (κ3) is 5.04. The van der Waals surface area contributed by atoms with Gasteiger partial charge in [0, 0.05) is 18.6 Å². The first-order valence-electron chi connectivity index (χ1n) is 9.13. The van der Waals surface area contributed by atoms with Crippen molar-refractivity contribution in [3.05, 3.63) is 0 Å². The van der Waals surface area contributed by atoms with E-state index in [0.717, 1.165) is 25.4 Å². The molecule has 0 aromatic carbocycles. The molecule has 0 radical (unpaired) electrons. The maximum Gasteiger partial charge on any atom is 0.0789 e. The highest BCUT2D eigenvalue weighted by molar-refractivity contribution is 5.00. The van der Waals surface area contributed by atoms with Gasteiger partial charge < -0.3 is 5.11 Å². The minimum atomic E-state index is -0.371. The van der Waals surface area contributed by atoms with Gasteiger partial charge in [-0.3, -0.25) is 4.90 Å². The van der Waals surface area contributed by atoms with E-state index in [9.17, 15) is 5.11 Å². The third-order valence-electron chi connectivity index (χ3n) is 5.23. The molecule has 20 heavy (non-hydrogen) atoms. The van der Waals surface area contributed by atoms with Crippen LogP contribution in [-0.2, 0) is 0 Å². The Balaban J connectivity index is 1.52. The molecule has 2 nitrogen and oxygen atoms in total. The summed E-state index contributed by atoms with van der Waals surface area (Å²) in [4.78, 5) is 2.56. The van der Waals surface area contributed by atoms with Crippen LogP contribution in [-0.4, -0.2) is 34.2 Å². The number of rotatable bonds is 10. The number of hydrogen-bond donors (Lipinski definition) is 1. The van der Waals surface area contributed by atoms with Crippen LogP contribution in [0.15, 0.2) is 0 Å². The van der Waals surface area contributed by atoms with Crippen LogP contribution < -0.4 is 0 Å². The van der Waals surface area contributed by atoms with Crippen molar-refractivity contribution in [1.82, 2.24) is 4.90 Å². The maximum atomic E-state index is 10.7. The Hall–Kier alpha value is -0.0800. The van der Waals surface area contributed by atoms with Crippen molar-refractivity contribution in [1.29, 1.82) is 0 Å². The van der Waals surface area contributed by atoms with Crippen LogP contribution in [0.3, 0.4) is 0 Å². The quantitative estimate of drug-likeness (QED) is 0.596. The molecule has 2 atom stereocenters. The zero-order valence-corrected chi connectivity index (χ0v) is 13.7. The predicted octanol–water partition coefficient (Wildman–Crippen LogP) is 4.50. The van der Waals surface area contributed by atoms with Crippen molar-refractivity contribution in [2.45, 2.75) is 109 Å². The fraction of sp³-hybridized carbons (Fsp3) is 1.00. The molecule has 2 rings (SSSR count). The summed E-state index contributed by atoms with van der Waals surface area (Å²) in [5.74, 6) is 0. The fourth-order valence-corrected chi connectivity index (χ4v) is 3.89. The summed E-state index contributed by atoms with van der Waals surface area (Å²) in [5, 5.41) is 10.7. The Labute approximate surface area is 125 Å². The van der Waals surface area contributed by atoms with Gasteiger partial charge in [-0.1, -0.05) is 58.3 Å². The van der Waals surface area contributed by atoms with Crippen molar-refractivity contribution >= 4 is 0 Å². The van der Waals surface area contributed by atoms with Gasteiger partial charge in [0.15, 0.2) is 0 Å². The first-order valence-corrected chi connectivity index (χ1v) is 9.13. The molecule has 1 aliphatic heterocycles. The van der Waals surface area contributed by atoms with E-state index in [1.54, 1.807) is 0 Å². The van der Waals surface area contributed by atoms with E-state index < -0.39 is 0 Å². The summed E-state index contributed by atoms with van der Waals surface area (Å²) in [7, 11) is 0. The van der Waals surface area contributed by atoms with Crippen molar-refractivity contribution in [3.8, 4) is 0 Å². The first-order chi connectivity index (χ1) is 9.64. The highest BCUT2D eigenvalue weighted by atomic mass is 16.3. The SMILES string of the molecule is CCCCCCCCCCC1(O)CC(C)N(C2CC2)C1. The van der Waals surface area contributed by atoms with Crippen LogP contribution >= 0.6 is 0 Å². The molecule has 1 saturated heterocycles. The summed E-state index contributed by atoms with van der Waals surface area (Å²) in [6.45, 7) is 5.51. The standard InChI is InChI=1S/C18H35NO/c1-3-4-5-6-7-8-9-10-13-18(20)14-16(2)19(15-18)17-11-12-17/h16-17,20H,3-15H2,1-2H3. The average molecular weight is 281 g/mol. The molecule has 0 amide bonds. The number of likely N-dealkylation sites (tertiary alicyclic amines) is 1. The molecule has 0 spiro atoms. The number of hydrogen-bond acceptors (Lipinski definition) is 2. The predicted molar refractivity (Wildman–Crippen MR) is 86.0 cm³/mol. The fourth-order valence-electron chi connectivity index (χ4n) is 3.89. The minimum Gasteiger partial charge on any atom is -0.388 e. The third-order valence-corrected chi connectivity index (χ3v) is 5.23. The molecule has 1 saturated carbocycles. The molecule has 0 aromatic heterocycles. The van der Waals surface area contributed by atoms with Crippen molar-refractivity contribution < 1.29 is 5.11 Å².